The fraction of sp³-hybridized carbons (Fsp3) is 0.375. The molecule has 2 aromatic rings. The number of aryl methyl sites for hydroxylation is 1. The SMILES string of the molecule is Cc1ccc(C(=O)Nc2sc3c(c2C#N)CC[C@@H](C)C3)o1. The minimum absolute atomic E-state index is 0.274. The number of carbonyl (C=O) groups is 1. The van der Waals surface area contributed by atoms with Crippen molar-refractivity contribution >= 4 is 22.2 Å². The van der Waals surface area contributed by atoms with Gasteiger partial charge in [-0.2, -0.15) is 5.26 Å². The number of fused-ring (bicyclic) bond motifs is 1. The smallest absolute Gasteiger partial charge is 0.292 e. The second-order valence-corrected chi connectivity index (χ2v) is 6.64. The van der Waals surface area contributed by atoms with Gasteiger partial charge < -0.3 is 9.73 Å². The molecule has 1 aliphatic rings. The van der Waals surface area contributed by atoms with Crippen LogP contribution in [0, 0.1) is 24.2 Å². The van der Waals surface area contributed by atoms with Gasteiger partial charge in [-0.3, -0.25) is 4.79 Å². The molecule has 1 atom stereocenters. The van der Waals surface area contributed by atoms with Gasteiger partial charge in [0.15, 0.2) is 5.76 Å². The van der Waals surface area contributed by atoms with Gasteiger partial charge in [0.2, 0.25) is 0 Å². The molecule has 0 bridgehead atoms. The first-order chi connectivity index (χ1) is 10.1. The standard InChI is InChI=1S/C16H16N2O2S/c1-9-3-5-11-12(8-17)16(21-14(11)7-9)18-15(19)13-6-4-10(2)20-13/h4,6,9H,3,5,7H2,1-2H3,(H,18,19)/t9-/m1/s1. The zero-order valence-electron chi connectivity index (χ0n) is 12.0. The third-order valence-electron chi connectivity index (χ3n) is 3.81. The van der Waals surface area contributed by atoms with Gasteiger partial charge in [0, 0.05) is 4.88 Å². The van der Waals surface area contributed by atoms with Gasteiger partial charge in [0.25, 0.3) is 5.91 Å². The third-order valence-corrected chi connectivity index (χ3v) is 4.98. The number of anilines is 1. The lowest BCUT2D eigenvalue weighted by Crippen LogP contribution is -2.11. The number of nitriles is 1. The predicted octanol–water partition coefficient (Wildman–Crippen LogP) is 3.90. The first kappa shape index (κ1) is 13.9. The molecule has 4 nitrogen and oxygen atoms in total. The number of nitrogens with zero attached hydrogens (tertiary/aromatic N) is 1. The molecule has 3 rings (SSSR count). The third kappa shape index (κ3) is 2.59. The van der Waals surface area contributed by atoms with Crippen molar-refractivity contribution < 1.29 is 9.21 Å². The Morgan fingerprint density at radius 2 is 2.33 bits per heavy atom. The second-order valence-electron chi connectivity index (χ2n) is 5.53. The quantitative estimate of drug-likeness (QED) is 0.914. The molecule has 2 aromatic heterocycles. The molecular formula is C16H16N2O2S. The molecule has 21 heavy (non-hydrogen) atoms. The Bertz CT molecular complexity index is 736. The van der Waals surface area contributed by atoms with Gasteiger partial charge in [-0.15, -0.1) is 11.3 Å². The van der Waals surface area contributed by atoms with E-state index in [1.54, 1.807) is 19.1 Å². The minimum atomic E-state index is -0.300. The van der Waals surface area contributed by atoms with Crippen molar-refractivity contribution in [1.82, 2.24) is 0 Å². The molecule has 0 unspecified atom stereocenters. The molecule has 108 valence electrons. The molecule has 0 aromatic carbocycles. The van der Waals surface area contributed by atoms with Crippen LogP contribution in [0.2, 0.25) is 0 Å². The van der Waals surface area contributed by atoms with Crippen LogP contribution in [0.5, 0.6) is 0 Å². The van der Waals surface area contributed by atoms with Gasteiger partial charge in [0.1, 0.15) is 16.8 Å². The molecule has 1 N–H and O–H groups in total. The van der Waals surface area contributed by atoms with Crippen LogP contribution in [0.25, 0.3) is 0 Å². The number of thiophene rings is 1. The Hall–Kier alpha value is -2.06. The first-order valence-electron chi connectivity index (χ1n) is 7.01. The fourth-order valence-electron chi connectivity index (χ4n) is 2.68. The van der Waals surface area contributed by atoms with E-state index in [-0.39, 0.29) is 11.7 Å². The van der Waals surface area contributed by atoms with E-state index in [0.29, 0.717) is 22.2 Å². The van der Waals surface area contributed by atoms with E-state index in [4.69, 9.17) is 4.42 Å². The van der Waals surface area contributed by atoms with E-state index in [9.17, 15) is 10.1 Å². The Balaban J connectivity index is 1.89. The highest BCUT2D eigenvalue weighted by Gasteiger charge is 2.25. The van der Waals surface area contributed by atoms with Crippen molar-refractivity contribution in [3.63, 3.8) is 0 Å². The second kappa shape index (κ2) is 5.38. The van der Waals surface area contributed by atoms with Crippen molar-refractivity contribution in [1.29, 1.82) is 5.26 Å². The maximum Gasteiger partial charge on any atom is 0.292 e. The summed E-state index contributed by atoms with van der Waals surface area (Å²) in [4.78, 5) is 13.4. The van der Waals surface area contributed by atoms with Crippen LogP contribution in [0.1, 0.15) is 45.7 Å². The van der Waals surface area contributed by atoms with Crippen LogP contribution < -0.4 is 5.32 Å². The molecule has 5 heteroatoms. The summed E-state index contributed by atoms with van der Waals surface area (Å²) in [6.07, 6.45) is 3.01. The summed E-state index contributed by atoms with van der Waals surface area (Å²) in [5.41, 5.74) is 1.74. The monoisotopic (exact) mass is 300 g/mol. The Morgan fingerprint density at radius 3 is 3.00 bits per heavy atom. The number of amides is 1. The molecule has 0 aliphatic heterocycles. The Kier molecular flexibility index (Phi) is 3.56. The van der Waals surface area contributed by atoms with E-state index in [1.165, 1.54) is 16.2 Å². The molecule has 0 saturated carbocycles. The molecule has 0 spiro atoms. The summed E-state index contributed by atoms with van der Waals surface area (Å²) in [7, 11) is 0. The maximum absolute atomic E-state index is 12.2. The molecule has 0 radical (unpaired) electrons. The molecule has 0 saturated heterocycles. The number of carbonyl (C=O) groups excluding carboxylic acids is 1. The number of hydrogen-bond donors (Lipinski definition) is 1. The fourth-order valence-corrected chi connectivity index (χ4v) is 4.03. The van der Waals surface area contributed by atoms with Crippen LogP contribution in [0.4, 0.5) is 5.00 Å². The minimum Gasteiger partial charge on any atom is -0.456 e. The van der Waals surface area contributed by atoms with Crippen molar-refractivity contribution in [2.24, 2.45) is 5.92 Å². The highest BCUT2D eigenvalue weighted by Crippen LogP contribution is 2.39. The van der Waals surface area contributed by atoms with Crippen LogP contribution in [-0.4, -0.2) is 5.91 Å². The number of rotatable bonds is 2. The van der Waals surface area contributed by atoms with E-state index in [2.05, 4.69) is 18.3 Å². The lowest BCUT2D eigenvalue weighted by molar-refractivity contribution is 0.0996. The van der Waals surface area contributed by atoms with Crippen molar-refractivity contribution in [2.75, 3.05) is 5.32 Å². The zero-order valence-corrected chi connectivity index (χ0v) is 12.8. The summed E-state index contributed by atoms with van der Waals surface area (Å²) in [6, 6.07) is 5.64. The normalized spacial score (nSPS) is 17.1. The Labute approximate surface area is 127 Å². The van der Waals surface area contributed by atoms with Gasteiger partial charge in [-0.1, -0.05) is 6.92 Å². The van der Waals surface area contributed by atoms with Gasteiger partial charge in [-0.05, 0) is 49.8 Å². The molecule has 0 fully saturated rings. The summed E-state index contributed by atoms with van der Waals surface area (Å²) in [6.45, 7) is 4.02. The van der Waals surface area contributed by atoms with Crippen LogP contribution in [0.15, 0.2) is 16.5 Å². The maximum atomic E-state index is 12.2. The molecule has 1 amide bonds. The first-order valence-corrected chi connectivity index (χ1v) is 7.82. The molecule has 2 heterocycles. The van der Waals surface area contributed by atoms with Crippen molar-refractivity contribution in [3.8, 4) is 6.07 Å². The number of nitrogens with one attached hydrogen (secondary N) is 1. The van der Waals surface area contributed by atoms with E-state index < -0.39 is 0 Å². The van der Waals surface area contributed by atoms with E-state index >= 15 is 0 Å². The average molecular weight is 300 g/mol. The lowest BCUT2D eigenvalue weighted by atomic mass is 9.89. The van der Waals surface area contributed by atoms with E-state index in [1.807, 2.05) is 0 Å². The summed E-state index contributed by atoms with van der Waals surface area (Å²) < 4.78 is 5.32. The van der Waals surface area contributed by atoms with Gasteiger partial charge in [0.05, 0.1) is 5.56 Å². The van der Waals surface area contributed by atoms with Crippen molar-refractivity contribution in [2.45, 2.75) is 33.1 Å². The van der Waals surface area contributed by atoms with Gasteiger partial charge in [-0.25, -0.2) is 0 Å². The largest absolute Gasteiger partial charge is 0.456 e. The van der Waals surface area contributed by atoms with Crippen LogP contribution >= 0.6 is 11.3 Å². The predicted molar refractivity (Wildman–Crippen MR) is 81.6 cm³/mol. The summed E-state index contributed by atoms with van der Waals surface area (Å²) >= 11 is 1.52. The summed E-state index contributed by atoms with van der Waals surface area (Å²) in [5, 5.41) is 12.9. The number of furan rings is 1. The summed E-state index contributed by atoms with van der Waals surface area (Å²) in [5.74, 6) is 1.31. The van der Waals surface area contributed by atoms with E-state index in [0.717, 1.165) is 24.8 Å². The number of hydrogen-bond acceptors (Lipinski definition) is 4. The molecular weight excluding hydrogens is 284 g/mol. The van der Waals surface area contributed by atoms with Crippen LogP contribution in [0.3, 0.4) is 0 Å². The molecule has 1 aliphatic carbocycles. The zero-order chi connectivity index (χ0) is 15.0. The Morgan fingerprint density at radius 1 is 1.52 bits per heavy atom. The topological polar surface area (TPSA) is 66.0 Å². The highest BCUT2D eigenvalue weighted by molar-refractivity contribution is 7.16. The van der Waals surface area contributed by atoms with Crippen molar-refractivity contribution in [3.05, 3.63) is 39.7 Å². The highest BCUT2D eigenvalue weighted by atomic mass is 32.1. The average Bonchev–Trinajstić information content (AvgIpc) is 3.01. The van der Waals surface area contributed by atoms with Crippen LogP contribution in [-0.2, 0) is 12.8 Å². The van der Waals surface area contributed by atoms with Gasteiger partial charge >= 0.3 is 0 Å². The lowest BCUT2D eigenvalue weighted by Gasteiger charge is -2.17.